The Morgan fingerprint density at radius 3 is 2.58 bits per heavy atom. The van der Waals surface area contributed by atoms with Gasteiger partial charge in [-0.2, -0.15) is 0 Å². The van der Waals surface area contributed by atoms with E-state index in [0.717, 1.165) is 0 Å². The Morgan fingerprint density at radius 2 is 1.95 bits per heavy atom. The van der Waals surface area contributed by atoms with Crippen molar-refractivity contribution in [2.45, 2.75) is 6.04 Å². The van der Waals surface area contributed by atoms with Gasteiger partial charge in [0, 0.05) is 15.7 Å². The van der Waals surface area contributed by atoms with Gasteiger partial charge in [0.1, 0.15) is 5.82 Å². The largest absolute Gasteiger partial charge is 0.394 e. The lowest BCUT2D eigenvalue weighted by atomic mass is 10.1. The monoisotopic (exact) mass is 299 g/mol. The van der Waals surface area contributed by atoms with E-state index >= 15 is 0 Å². The second-order valence-electron chi connectivity index (χ2n) is 4.06. The van der Waals surface area contributed by atoms with Crippen molar-refractivity contribution in [1.29, 1.82) is 0 Å². The summed E-state index contributed by atoms with van der Waals surface area (Å²) in [7, 11) is 0. The van der Waals surface area contributed by atoms with Gasteiger partial charge in [-0.3, -0.25) is 0 Å². The van der Waals surface area contributed by atoms with Crippen molar-refractivity contribution in [1.82, 2.24) is 0 Å². The van der Waals surface area contributed by atoms with E-state index < -0.39 is 6.04 Å². The van der Waals surface area contributed by atoms with Crippen LogP contribution in [0, 0.1) is 5.82 Å². The second kappa shape index (κ2) is 6.24. The number of hydrogen-bond donors (Lipinski definition) is 2. The number of aliphatic hydroxyl groups is 1. The van der Waals surface area contributed by atoms with Crippen LogP contribution >= 0.6 is 23.2 Å². The van der Waals surface area contributed by atoms with E-state index in [4.69, 9.17) is 23.2 Å². The van der Waals surface area contributed by atoms with Crippen molar-refractivity contribution < 1.29 is 9.50 Å². The van der Waals surface area contributed by atoms with Gasteiger partial charge < -0.3 is 10.4 Å². The molecule has 0 amide bonds. The summed E-state index contributed by atoms with van der Waals surface area (Å²) in [6.45, 7) is -0.169. The van der Waals surface area contributed by atoms with Crippen LogP contribution in [-0.2, 0) is 0 Å². The van der Waals surface area contributed by atoms with Crippen molar-refractivity contribution in [2.24, 2.45) is 0 Å². The second-order valence-corrected chi connectivity index (χ2v) is 4.90. The van der Waals surface area contributed by atoms with E-state index in [-0.39, 0.29) is 12.4 Å². The van der Waals surface area contributed by atoms with Crippen LogP contribution in [-0.4, -0.2) is 11.7 Å². The average Bonchev–Trinajstić information content (AvgIpc) is 2.37. The molecule has 2 nitrogen and oxygen atoms in total. The Kier molecular flexibility index (Phi) is 4.64. The fraction of sp³-hybridized carbons (Fsp3) is 0.143. The summed E-state index contributed by atoms with van der Waals surface area (Å²) < 4.78 is 13.1. The number of halogens is 3. The summed E-state index contributed by atoms with van der Waals surface area (Å²) in [5.74, 6) is -0.344. The first kappa shape index (κ1) is 14.1. The van der Waals surface area contributed by atoms with Crippen LogP contribution in [0.4, 0.5) is 10.1 Å². The molecule has 2 rings (SSSR count). The van der Waals surface area contributed by atoms with Gasteiger partial charge in [-0.05, 0) is 35.9 Å². The smallest absolute Gasteiger partial charge is 0.125 e. The topological polar surface area (TPSA) is 32.3 Å². The van der Waals surface area contributed by atoms with Crippen LogP contribution in [0.3, 0.4) is 0 Å². The molecule has 2 aromatic carbocycles. The van der Waals surface area contributed by atoms with Crippen LogP contribution in [0.5, 0.6) is 0 Å². The lowest BCUT2D eigenvalue weighted by Crippen LogP contribution is -2.15. The lowest BCUT2D eigenvalue weighted by Gasteiger charge is -2.19. The predicted octanol–water partition coefficient (Wildman–Crippen LogP) is 4.28. The van der Waals surface area contributed by atoms with E-state index in [1.54, 1.807) is 30.3 Å². The van der Waals surface area contributed by atoms with Crippen molar-refractivity contribution in [2.75, 3.05) is 11.9 Å². The summed E-state index contributed by atoms with van der Waals surface area (Å²) in [5.41, 5.74) is 1.28. The Hall–Kier alpha value is -1.29. The molecule has 1 atom stereocenters. The van der Waals surface area contributed by atoms with Crippen LogP contribution in [0.15, 0.2) is 42.5 Å². The SMILES string of the molecule is OCC(Nc1cccc(F)c1)c1ccc(Cl)cc1Cl. The summed E-state index contributed by atoms with van der Waals surface area (Å²) in [5, 5.41) is 13.5. The van der Waals surface area contributed by atoms with Gasteiger partial charge in [0.25, 0.3) is 0 Å². The molecule has 0 aliphatic rings. The molecule has 0 bridgehead atoms. The maximum atomic E-state index is 13.1. The maximum Gasteiger partial charge on any atom is 0.125 e. The molecule has 0 aromatic heterocycles. The lowest BCUT2D eigenvalue weighted by molar-refractivity contribution is 0.276. The molecule has 100 valence electrons. The van der Waals surface area contributed by atoms with Gasteiger partial charge >= 0.3 is 0 Å². The van der Waals surface area contributed by atoms with Gasteiger partial charge in [0.15, 0.2) is 0 Å². The van der Waals surface area contributed by atoms with Crippen LogP contribution < -0.4 is 5.32 Å². The molecule has 0 spiro atoms. The zero-order valence-corrected chi connectivity index (χ0v) is 11.4. The quantitative estimate of drug-likeness (QED) is 0.883. The minimum Gasteiger partial charge on any atom is -0.394 e. The first-order valence-corrected chi connectivity index (χ1v) is 6.43. The molecule has 0 saturated carbocycles. The summed E-state index contributed by atoms with van der Waals surface area (Å²) in [4.78, 5) is 0. The molecule has 1 unspecified atom stereocenters. The zero-order valence-electron chi connectivity index (χ0n) is 9.91. The minimum absolute atomic E-state index is 0.169. The highest BCUT2D eigenvalue weighted by Crippen LogP contribution is 2.28. The zero-order chi connectivity index (χ0) is 13.8. The Balaban J connectivity index is 2.25. The molecule has 2 N–H and O–H groups in total. The van der Waals surface area contributed by atoms with Gasteiger partial charge in [-0.1, -0.05) is 35.3 Å². The van der Waals surface area contributed by atoms with Gasteiger partial charge in [-0.25, -0.2) is 4.39 Å². The van der Waals surface area contributed by atoms with Crippen molar-refractivity contribution in [3.05, 3.63) is 63.9 Å². The van der Waals surface area contributed by atoms with Gasteiger partial charge in [-0.15, -0.1) is 0 Å². The minimum atomic E-state index is -0.424. The fourth-order valence-corrected chi connectivity index (χ4v) is 2.33. The number of anilines is 1. The first-order chi connectivity index (χ1) is 9.10. The third kappa shape index (κ3) is 3.60. The normalized spacial score (nSPS) is 12.2. The highest BCUT2D eigenvalue weighted by atomic mass is 35.5. The van der Waals surface area contributed by atoms with Gasteiger partial charge in [0.05, 0.1) is 12.6 Å². The van der Waals surface area contributed by atoms with Crippen molar-refractivity contribution in [3.63, 3.8) is 0 Å². The van der Waals surface area contributed by atoms with E-state index in [0.29, 0.717) is 21.3 Å². The third-order valence-corrected chi connectivity index (χ3v) is 3.25. The van der Waals surface area contributed by atoms with Crippen molar-refractivity contribution in [3.8, 4) is 0 Å². The van der Waals surface area contributed by atoms with Crippen LogP contribution in [0.1, 0.15) is 11.6 Å². The van der Waals surface area contributed by atoms with Crippen LogP contribution in [0.2, 0.25) is 10.0 Å². The fourth-order valence-electron chi connectivity index (χ4n) is 1.79. The molecule has 0 aliphatic carbocycles. The number of rotatable bonds is 4. The Bertz CT molecular complexity index is 577. The molecular formula is C14H12Cl2FNO. The molecule has 2 aromatic rings. The molecule has 0 heterocycles. The summed E-state index contributed by atoms with van der Waals surface area (Å²) in [6, 6.07) is 10.6. The van der Waals surface area contributed by atoms with Crippen molar-refractivity contribution >= 4 is 28.9 Å². The highest BCUT2D eigenvalue weighted by molar-refractivity contribution is 6.35. The molecule has 19 heavy (non-hydrogen) atoms. The summed E-state index contributed by atoms with van der Waals surface area (Å²) in [6.07, 6.45) is 0. The van der Waals surface area contributed by atoms with Crippen LogP contribution in [0.25, 0.3) is 0 Å². The molecule has 0 saturated heterocycles. The van der Waals surface area contributed by atoms with E-state index in [1.165, 1.54) is 12.1 Å². The Labute approximate surface area is 120 Å². The van der Waals surface area contributed by atoms with E-state index in [2.05, 4.69) is 5.32 Å². The number of benzene rings is 2. The molecule has 0 fully saturated rings. The average molecular weight is 300 g/mol. The molecule has 0 radical (unpaired) electrons. The summed E-state index contributed by atoms with van der Waals surface area (Å²) >= 11 is 11.9. The standard InChI is InChI=1S/C14H12Cl2FNO/c15-9-4-5-12(13(16)6-9)14(8-19)18-11-3-1-2-10(17)7-11/h1-7,14,18-19H,8H2. The number of nitrogens with one attached hydrogen (secondary N) is 1. The van der Waals surface area contributed by atoms with E-state index in [9.17, 15) is 9.50 Å². The molecule has 5 heteroatoms. The predicted molar refractivity (Wildman–Crippen MR) is 76.3 cm³/mol. The Morgan fingerprint density at radius 1 is 1.16 bits per heavy atom. The van der Waals surface area contributed by atoms with Gasteiger partial charge in [0.2, 0.25) is 0 Å². The highest BCUT2D eigenvalue weighted by Gasteiger charge is 2.14. The molecular weight excluding hydrogens is 288 g/mol. The molecule has 0 aliphatic heterocycles. The van der Waals surface area contributed by atoms with E-state index in [1.807, 2.05) is 0 Å². The first-order valence-electron chi connectivity index (χ1n) is 5.68. The number of aliphatic hydroxyl groups excluding tert-OH is 1. The number of hydrogen-bond acceptors (Lipinski definition) is 2. The maximum absolute atomic E-state index is 13.1. The third-order valence-electron chi connectivity index (χ3n) is 2.69.